The van der Waals surface area contributed by atoms with E-state index < -0.39 is 23.7 Å². The van der Waals surface area contributed by atoms with E-state index in [2.05, 4.69) is 0 Å². The van der Waals surface area contributed by atoms with E-state index in [0.29, 0.717) is 5.56 Å². The Balaban J connectivity index is 2.79. The number of benzene rings is 1. The molecule has 0 aromatic heterocycles. The number of carboxylic acid groups (broad SMARTS) is 1. The Morgan fingerprint density at radius 1 is 1.59 bits per heavy atom. The van der Waals surface area contributed by atoms with Gasteiger partial charge in [0.2, 0.25) is 0 Å². The van der Waals surface area contributed by atoms with Gasteiger partial charge in [0.25, 0.3) is 0 Å². The van der Waals surface area contributed by atoms with Crippen LogP contribution in [-0.4, -0.2) is 18.2 Å². The van der Waals surface area contributed by atoms with E-state index in [1.165, 1.54) is 19.2 Å². The van der Waals surface area contributed by atoms with Crippen molar-refractivity contribution in [2.75, 3.05) is 7.11 Å². The van der Waals surface area contributed by atoms with Gasteiger partial charge in [-0.2, -0.15) is 0 Å². The predicted molar refractivity (Wildman–Crippen MR) is 61.3 cm³/mol. The van der Waals surface area contributed by atoms with Crippen molar-refractivity contribution in [3.63, 3.8) is 0 Å². The third-order valence-corrected chi connectivity index (χ3v) is 2.63. The van der Waals surface area contributed by atoms with Crippen LogP contribution in [0.15, 0.2) is 18.2 Å². The molecule has 0 saturated heterocycles. The van der Waals surface area contributed by atoms with Gasteiger partial charge in [-0.15, -0.1) is 0 Å². The summed E-state index contributed by atoms with van der Waals surface area (Å²) in [6, 6.07) is 3.90. The maximum atomic E-state index is 13.4. The van der Waals surface area contributed by atoms with Gasteiger partial charge < -0.3 is 15.6 Å². The van der Waals surface area contributed by atoms with Gasteiger partial charge in [-0.1, -0.05) is 13.0 Å². The summed E-state index contributed by atoms with van der Waals surface area (Å²) >= 11 is 0. The predicted octanol–water partition coefficient (Wildman–Crippen LogP) is 1.94. The molecule has 0 aliphatic carbocycles. The number of halogens is 1. The molecule has 1 aromatic rings. The van der Waals surface area contributed by atoms with Gasteiger partial charge >= 0.3 is 5.97 Å². The van der Waals surface area contributed by atoms with Gasteiger partial charge in [0.1, 0.15) is 0 Å². The third kappa shape index (κ3) is 3.42. The Kier molecular flexibility index (Phi) is 4.45. The van der Waals surface area contributed by atoms with Crippen LogP contribution in [0.4, 0.5) is 4.39 Å². The molecule has 17 heavy (non-hydrogen) atoms. The molecule has 5 heteroatoms. The van der Waals surface area contributed by atoms with Crippen LogP contribution in [0, 0.1) is 11.7 Å². The second-order valence-electron chi connectivity index (χ2n) is 3.98. The molecule has 0 radical (unpaired) electrons. The summed E-state index contributed by atoms with van der Waals surface area (Å²) in [6.07, 6.45) is 0.265. The van der Waals surface area contributed by atoms with Crippen LogP contribution >= 0.6 is 0 Å². The molecule has 0 aliphatic rings. The SMILES string of the molecule is COc1ccc(C(N)CC(C)C(=O)O)cc1F. The lowest BCUT2D eigenvalue weighted by atomic mass is 9.96. The number of rotatable bonds is 5. The lowest BCUT2D eigenvalue weighted by Crippen LogP contribution is -2.19. The monoisotopic (exact) mass is 241 g/mol. The number of nitrogens with two attached hydrogens (primary N) is 1. The van der Waals surface area contributed by atoms with Crippen LogP contribution < -0.4 is 10.5 Å². The third-order valence-electron chi connectivity index (χ3n) is 2.63. The highest BCUT2D eigenvalue weighted by Gasteiger charge is 2.17. The van der Waals surface area contributed by atoms with Crippen molar-refractivity contribution in [2.24, 2.45) is 11.7 Å². The van der Waals surface area contributed by atoms with Gasteiger partial charge in [-0.3, -0.25) is 4.79 Å². The number of hydrogen-bond acceptors (Lipinski definition) is 3. The van der Waals surface area contributed by atoms with Gasteiger partial charge in [0, 0.05) is 6.04 Å². The Bertz CT molecular complexity index is 409. The molecule has 94 valence electrons. The summed E-state index contributed by atoms with van der Waals surface area (Å²) in [4.78, 5) is 10.7. The van der Waals surface area contributed by atoms with Crippen molar-refractivity contribution >= 4 is 5.97 Å². The molecule has 2 unspecified atom stereocenters. The molecule has 1 rings (SSSR count). The van der Waals surface area contributed by atoms with E-state index in [4.69, 9.17) is 15.6 Å². The quantitative estimate of drug-likeness (QED) is 0.826. The molecule has 0 spiro atoms. The van der Waals surface area contributed by atoms with Gasteiger partial charge in [0.05, 0.1) is 13.0 Å². The van der Waals surface area contributed by atoms with Crippen molar-refractivity contribution in [3.05, 3.63) is 29.6 Å². The Morgan fingerprint density at radius 2 is 2.24 bits per heavy atom. The van der Waals surface area contributed by atoms with Crippen molar-refractivity contribution in [2.45, 2.75) is 19.4 Å². The molecule has 0 bridgehead atoms. The van der Waals surface area contributed by atoms with Crippen molar-refractivity contribution in [3.8, 4) is 5.75 Å². The topological polar surface area (TPSA) is 72.5 Å². The zero-order valence-corrected chi connectivity index (χ0v) is 9.81. The molecule has 0 heterocycles. The molecular formula is C12H16FNO3. The molecule has 0 fully saturated rings. The fraction of sp³-hybridized carbons (Fsp3) is 0.417. The van der Waals surface area contributed by atoms with E-state index in [-0.39, 0.29) is 12.2 Å². The highest BCUT2D eigenvalue weighted by molar-refractivity contribution is 5.69. The Labute approximate surface area is 99.2 Å². The van der Waals surface area contributed by atoms with E-state index in [1.54, 1.807) is 13.0 Å². The van der Waals surface area contributed by atoms with Crippen molar-refractivity contribution in [1.29, 1.82) is 0 Å². The first-order valence-electron chi connectivity index (χ1n) is 5.27. The fourth-order valence-corrected chi connectivity index (χ4v) is 1.53. The smallest absolute Gasteiger partial charge is 0.306 e. The van der Waals surface area contributed by atoms with E-state index in [0.717, 1.165) is 0 Å². The molecular weight excluding hydrogens is 225 g/mol. The summed E-state index contributed by atoms with van der Waals surface area (Å²) in [5, 5.41) is 8.76. The van der Waals surface area contributed by atoms with Crippen LogP contribution in [0.3, 0.4) is 0 Å². The molecule has 0 saturated carbocycles. The van der Waals surface area contributed by atoms with Crippen LogP contribution in [0.2, 0.25) is 0 Å². The standard InChI is InChI=1S/C12H16FNO3/c1-7(12(15)16)5-10(14)8-3-4-11(17-2)9(13)6-8/h3-4,6-7,10H,5,14H2,1-2H3,(H,15,16). The lowest BCUT2D eigenvalue weighted by molar-refractivity contribution is -0.141. The molecule has 0 aliphatic heterocycles. The highest BCUT2D eigenvalue weighted by atomic mass is 19.1. The average molecular weight is 241 g/mol. The first kappa shape index (κ1) is 13.4. The molecule has 2 atom stereocenters. The number of methoxy groups -OCH3 is 1. The zero-order valence-electron chi connectivity index (χ0n) is 9.81. The molecule has 1 aromatic carbocycles. The van der Waals surface area contributed by atoms with Crippen LogP contribution in [-0.2, 0) is 4.79 Å². The minimum absolute atomic E-state index is 0.146. The van der Waals surface area contributed by atoms with Crippen LogP contribution in [0.5, 0.6) is 5.75 Å². The van der Waals surface area contributed by atoms with Crippen molar-refractivity contribution in [1.82, 2.24) is 0 Å². The summed E-state index contributed by atoms with van der Waals surface area (Å²) in [5.74, 6) is -1.82. The van der Waals surface area contributed by atoms with Gasteiger partial charge in [-0.05, 0) is 24.1 Å². The minimum Gasteiger partial charge on any atom is -0.494 e. The summed E-state index contributed by atoms with van der Waals surface area (Å²) in [6.45, 7) is 1.57. The highest BCUT2D eigenvalue weighted by Crippen LogP contribution is 2.24. The molecule has 4 nitrogen and oxygen atoms in total. The molecule has 0 amide bonds. The Hall–Kier alpha value is -1.62. The fourth-order valence-electron chi connectivity index (χ4n) is 1.53. The summed E-state index contributed by atoms with van der Waals surface area (Å²) in [5.41, 5.74) is 6.39. The van der Waals surface area contributed by atoms with Crippen molar-refractivity contribution < 1.29 is 19.0 Å². The van der Waals surface area contributed by atoms with Crippen LogP contribution in [0.25, 0.3) is 0 Å². The lowest BCUT2D eigenvalue weighted by Gasteiger charge is -2.15. The first-order chi connectivity index (χ1) is 7.95. The largest absolute Gasteiger partial charge is 0.494 e. The van der Waals surface area contributed by atoms with E-state index in [9.17, 15) is 9.18 Å². The second-order valence-corrected chi connectivity index (χ2v) is 3.98. The number of carboxylic acids is 1. The molecule has 3 N–H and O–H groups in total. The maximum absolute atomic E-state index is 13.4. The van der Waals surface area contributed by atoms with E-state index in [1.807, 2.05) is 0 Å². The van der Waals surface area contributed by atoms with E-state index >= 15 is 0 Å². The summed E-state index contributed by atoms with van der Waals surface area (Å²) in [7, 11) is 1.38. The average Bonchev–Trinajstić information content (AvgIpc) is 2.28. The minimum atomic E-state index is -0.908. The Morgan fingerprint density at radius 3 is 2.71 bits per heavy atom. The van der Waals surface area contributed by atoms with Gasteiger partial charge in [-0.25, -0.2) is 4.39 Å². The number of aliphatic carboxylic acids is 1. The summed E-state index contributed by atoms with van der Waals surface area (Å²) < 4.78 is 18.2. The number of hydrogen-bond donors (Lipinski definition) is 2. The van der Waals surface area contributed by atoms with Crippen LogP contribution in [0.1, 0.15) is 24.9 Å². The number of carbonyl (C=O) groups is 1. The number of ether oxygens (including phenoxy) is 1. The first-order valence-corrected chi connectivity index (χ1v) is 5.27. The van der Waals surface area contributed by atoms with Gasteiger partial charge in [0.15, 0.2) is 11.6 Å². The zero-order chi connectivity index (χ0) is 13.0. The maximum Gasteiger partial charge on any atom is 0.306 e. The second kappa shape index (κ2) is 5.63. The normalized spacial score (nSPS) is 14.1.